The number of para-hydroxylation sites is 1. The molecule has 3 heteroatoms. The van der Waals surface area contributed by atoms with E-state index in [1.807, 2.05) is 6.07 Å². The molecule has 0 bridgehead atoms. The molecule has 2 nitrogen and oxygen atoms in total. The van der Waals surface area contributed by atoms with Gasteiger partial charge in [0.2, 0.25) is 0 Å². The van der Waals surface area contributed by atoms with Crippen molar-refractivity contribution < 1.29 is 4.39 Å². The van der Waals surface area contributed by atoms with Gasteiger partial charge in [0.25, 0.3) is 0 Å². The van der Waals surface area contributed by atoms with Gasteiger partial charge in [-0.2, -0.15) is 0 Å². The molecule has 2 rings (SSSR count). The highest BCUT2D eigenvalue weighted by Gasteiger charge is 2.22. The standard InChI is InChI=1S/C15H23FN2/c1-11-5-3-7-13(9-11)18(2)10-12-6-4-8-14(16)15(12)17/h4,6,8,11,13H,3,5,7,9-10,17H2,1-2H3. The van der Waals surface area contributed by atoms with Crippen molar-refractivity contribution in [3.8, 4) is 0 Å². The summed E-state index contributed by atoms with van der Waals surface area (Å²) in [5, 5.41) is 0. The van der Waals surface area contributed by atoms with Crippen LogP contribution in [0.5, 0.6) is 0 Å². The lowest BCUT2D eigenvalue weighted by molar-refractivity contribution is 0.158. The lowest BCUT2D eigenvalue weighted by Crippen LogP contribution is -2.35. The van der Waals surface area contributed by atoms with E-state index in [-0.39, 0.29) is 5.82 Å². The number of nitrogen functional groups attached to an aromatic ring is 1. The number of nitrogens with zero attached hydrogens (tertiary/aromatic N) is 1. The van der Waals surface area contributed by atoms with E-state index in [0.29, 0.717) is 11.7 Å². The number of anilines is 1. The van der Waals surface area contributed by atoms with Gasteiger partial charge in [-0.15, -0.1) is 0 Å². The molecule has 0 aromatic heterocycles. The van der Waals surface area contributed by atoms with Crippen LogP contribution in [0.2, 0.25) is 0 Å². The number of halogens is 1. The first-order valence-corrected chi connectivity index (χ1v) is 6.81. The monoisotopic (exact) mass is 250 g/mol. The Labute approximate surface area is 109 Å². The first-order valence-electron chi connectivity index (χ1n) is 6.81. The summed E-state index contributed by atoms with van der Waals surface area (Å²) in [4.78, 5) is 2.32. The van der Waals surface area contributed by atoms with Crippen LogP contribution in [-0.2, 0) is 6.54 Å². The van der Waals surface area contributed by atoms with E-state index in [4.69, 9.17) is 5.73 Å². The molecule has 1 aromatic carbocycles. The third-order valence-corrected chi connectivity index (χ3v) is 4.10. The molecule has 100 valence electrons. The predicted molar refractivity (Wildman–Crippen MR) is 73.7 cm³/mol. The fraction of sp³-hybridized carbons (Fsp3) is 0.600. The number of benzene rings is 1. The van der Waals surface area contributed by atoms with Crippen molar-refractivity contribution in [2.75, 3.05) is 12.8 Å². The Kier molecular flexibility index (Phi) is 4.23. The van der Waals surface area contributed by atoms with Crippen LogP contribution in [0.15, 0.2) is 18.2 Å². The first kappa shape index (κ1) is 13.3. The number of rotatable bonds is 3. The fourth-order valence-electron chi connectivity index (χ4n) is 2.92. The summed E-state index contributed by atoms with van der Waals surface area (Å²) in [7, 11) is 2.12. The van der Waals surface area contributed by atoms with Crippen LogP contribution in [0.4, 0.5) is 10.1 Å². The van der Waals surface area contributed by atoms with E-state index in [0.717, 1.165) is 18.0 Å². The van der Waals surface area contributed by atoms with Crippen molar-refractivity contribution in [2.24, 2.45) is 5.92 Å². The minimum Gasteiger partial charge on any atom is -0.396 e. The van der Waals surface area contributed by atoms with Crippen molar-refractivity contribution in [3.63, 3.8) is 0 Å². The van der Waals surface area contributed by atoms with E-state index < -0.39 is 0 Å². The maximum Gasteiger partial charge on any atom is 0.146 e. The lowest BCUT2D eigenvalue weighted by Gasteiger charge is -2.34. The van der Waals surface area contributed by atoms with Gasteiger partial charge in [-0.25, -0.2) is 4.39 Å². The smallest absolute Gasteiger partial charge is 0.146 e. The Morgan fingerprint density at radius 2 is 2.17 bits per heavy atom. The van der Waals surface area contributed by atoms with Gasteiger partial charge in [-0.05, 0) is 37.4 Å². The molecular formula is C15H23FN2. The molecule has 1 fully saturated rings. The fourth-order valence-corrected chi connectivity index (χ4v) is 2.92. The van der Waals surface area contributed by atoms with Crippen LogP contribution < -0.4 is 5.73 Å². The number of hydrogen-bond acceptors (Lipinski definition) is 2. The molecule has 0 aliphatic heterocycles. The van der Waals surface area contributed by atoms with E-state index >= 15 is 0 Å². The number of hydrogen-bond donors (Lipinski definition) is 1. The third kappa shape index (κ3) is 3.02. The van der Waals surface area contributed by atoms with Crippen LogP contribution in [0.1, 0.15) is 38.2 Å². The minimum absolute atomic E-state index is 0.299. The van der Waals surface area contributed by atoms with Crippen LogP contribution in [-0.4, -0.2) is 18.0 Å². The van der Waals surface area contributed by atoms with Gasteiger partial charge >= 0.3 is 0 Å². The molecule has 0 saturated heterocycles. The van der Waals surface area contributed by atoms with Crippen LogP contribution in [0, 0.1) is 11.7 Å². The highest BCUT2D eigenvalue weighted by Crippen LogP contribution is 2.28. The van der Waals surface area contributed by atoms with Gasteiger partial charge < -0.3 is 5.73 Å². The van der Waals surface area contributed by atoms with Crippen molar-refractivity contribution in [3.05, 3.63) is 29.6 Å². The third-order valence-electron chi connectivity index (χ3n) is 4.10. The highest BCUT2D eigenvalue weighted by molar-refractivity contribution is 5.47. The second-order valence-corrected chi connectivity index (χ2v) is 5.65. The van der Waals surface area contributed by atoms with Gasteiger partial charge in [0.15, 0.2) is 0 Å². The van der Waals surface area contributed by atoms with Gasteiger partial charge in [0.1, 0.15) is 5.82 Å². The first-order chi connectivity index (χ1) is 8.58. The summed E-state index contributed by atoms with van der Waals surface area (Å²) in [5.74, 6) is 0.494. The summed E-state index contributed by atoms with van der Waals surface area (Å²) in [6.07, 6.45) is 5.13. The van der Waals surface area contributed by atoms with Gasteiger partial charge in [0.05, 0.1) is 5.69 Å². The maximum absolute atomic E-state index is 13.4. The molecule has 1 aromatic rings. The largest absolute Gasteiger partial charge is 0.396 e. The molecule has 18 heavy (non-hydrogen) atoms. The molecule has 0 amide bonds. The molecule has 2 N–H and O–H groups in total. The van der Waals surface area contributed by atoms with Crippen LogP contribution >= 0.6 is 0 Å². The van der Waals surface area contributed by atoms with E-state index in [2.05, 4.69) is 18.9 Å². The summed E-state index contributed by atoms with van der Waals surface area (Å²) < 4.78 is 13.4. The van der Waals surface area contributed by atoms with E-state index in [9.17, 15) is 4.39 Å². The average Bonchev–Trinajstić information content (AvgIpc) is 2.35. The predicted octanol–water partition coefficient (Wildman–Crippen LogP) is 3.42. The molecule has 2 atom stereocenters. The van der Waals surface area contributed by atoms with E-state index in [1.54, 1.807) is 6.07 Å². The summed E-state index contributed by atoms with van der Waals surface area (Å²) in [6.45, 7) is 3.05. The second-order valence-electron chi connectivity index (χ2n) is 5.65. The number of nitrogens with two attached hydrogens (primary N) is 1. The lowest BCUT2D eigenvalue weighted by atomic mass is 9.86. The molecule has 1 aliphatic rings. The average molecular weight is 250 g/mol. The maximum atomic E-state index is 13.4. The quantitative estimate of drug-likeness (QED) is 0.833. The molecular weight excluding hydrogens is 227 g/mol. The second kappa shape index (κ2) is 5.70. The van der Waals surface area contributed by atoms with Crippen molar-refractivity contribution in [1.82, 2.24) is 4.90 Å². The van der Waals surface area contributed by atoms with Crippen molar-refractivity contribution >= 4 is 5.69 Å². The topological polar surface area (TPSA) is 29.3 Å². The molecule has 0 heterocycles. The zero-order valence-electron chi connectivity index (χ0n) is 11.3. The normalized spacial score (nSPS) is 24.4. The Bertz CT molecular complexity index is 405. The van der Waals surface area contributed by atoms with Crippen LogP contribution in [0.25, 0.3) is 0 Å². The van der Waals surface area contributed by atoms with Crippen molar-refractivity contribution in [2.45, 2.75) is 45.2 Å². The van der Waals surface area contributed by atoms with Crippen molar-refractivity contribution in [1.29, 1.82) is 0 Å². The Balaban J connectivity index is 2.02. The summed E-state index contributed by atoms with van der Waals surface area (Å²) in [6, 6.07) is 5.68. The highest BCUT2D eigenvalue weighted by atomic mass is 19.1. The summed E-state index contributed by atoms with van der Waals surface area (Å²) in [5.41, 5.74) is 6.98. The van der Waals surface area contributed by atoms with Crippen LogP contribution in [0.3, 0.4) is 0 Å². The van der Waals surface area contributed by atoms with Gasteiger partial charge in [-0.3, -0.25) is 4.90 Å². The minimum atomic E-state index is -0.307. The van der Waals surface area contributed by atoms with E-state index in [1.165, 1.54) is 31.7 Å². The van der Waals surface area contributed by atoms with Gasteiger partial charge in [0, 0.05) is 12.6 Å². The molecule has 2 unspecified atom stereocenters. The SMILES string of the molecule is CC1CCCC(N(C)Cc2cccc(F)c2N)C1. The Morgan fingerprint density at radius 1 is 1.39 bits per heavy atom. The summed E-state index contributed by atoms with van der Waals surface area (Å²) >= 11 is 0. The molecule has 1 aliphatic carbocycles. The Morgan fingerprint density at radius 3 is 2.89 bits per heavy atom. The molecule has 0 radical (unpaired) electrons. The zero-order valence-corrected chi connectivity index (χ0v) is 11.3. The zero-order chi connectivity index (χ0) is 13.1. The Hall–Kier alpha value is -1.09. The molecule has 0 spiro atoms. The molecule has 1 saturated carbocycles. The van der Waals surface area contributed by atoms with Gasteiger partial charge in [-0.1, -0.05) is 31.9 Å².